The van der Waals surface area contributed by atoms with Crippen molar-refractivity contribution in [2.45, 2.75) is 33.1 Å². The molecule has 3 N–H and O–H groups in total. The maximum absolute atomic E-state index is 15.5. The highest BCUT2D eigenvalue weighted by Crippen LogP contribution is 2.38. The molecule has 1 aliphatic rings. The number of hydrogen-bond acceptors (Lipinski definition) is 7. The Hall–Kier alpha value is -4.70. The van der Waals surface area contributed by atoms with E-state index in [1.807, 2.05) is 32.0 Å². The Kier molecular flexibility index (Phi) is 9.59. The van der Waals surface area contributed by atoms with E-state index < -0.39 is 17.6 Å². The number of pyridine rings is 1. The van der Waals surface area contributed by atoms with Crippen LogP contribution in [0.5, 0.6) is 23.0 Å². The average Bonchev–Trinajstić information content (AvgIpc) is 3.03. The number of nitrogens with two attached hydrogens (primary N) is 1. The van der Waals surface area contributed by atoms with Crippen molar-refractivity contribution in [3.8, 4) is 23.0 Å². The van der Waals surface area contributed by atoms with E-state index in [-0.39, 0.29) is 18.0 Å². The van der Waals surface area contributed by atoms with E-state index in [1.54, 1.807) is 31.5 Å². The highest BCUT2D eigenvalue weighted by Gasteiger charge is 2.23. The number of primary amides is 1. The molecule has 1 aliphatic heterocycles. The van der Waals surface area contributed by atoms with Crippen LogP contribution in [0.15, 0.2) is 60.8 Å². The van der Waals surface area contributed by atoms with Crippen molar-refractivity contribution in [1.29, 1.82) is 0 Å². The molecule has 0 unspecified atom stereocenters. The van der Waals surface area contributed by atoms with Crippen LogP contribution in [0.1, 0.15) is 29.5 Å². The zero-order valence-electron chi connectivity index (χ0n) is 25.2. The van der Waals surface area contributed by atoms with Gasteiger partial charge in [0.05, 0.1) is 19.2 Å². The van der Waals surface area contributed by atoms with Crippen LogP contribution < -0.4 is 30.2 Å². The number of aromatic nitrogens is 1. The summed E-state index contributed by atoms with van der Waals surface area (Å²) in [6.07, 6.45) is 4.14. The van der Waals surface area contributed by atoms with Gasteiger partial charge >= 0.3 is 11.8 Å². The van der Waals surface area contributed by atoms with Gasteiger partial charge in [0.15, 0.2) is 23.1 Å². The number of carbonyl (C=O) groups excluding carboxylic acids is 2. The van der Waals surface area contributed by atoms with Crippen molar-refractivity contribution < 1.29 is 28.2 Å². The van der Waals surface area contributed by atoms with Crippen LogP contribution in [0.25, 0.3) is 10.9 Å². The summed E-state index contributed by atoms with van der Waals surface area (Å²) in [7, 11) is 1.56. The number of aryl methyl sites for hydroxylation is 2. The Labute approximate surface area is 256 Å². The van der Waals surface area contributed by atoms with Gasteiger partial charge in [-0.05, 0) is 93.1 Å². The fourth-order valence-corrected chi connectivity index (χ4v) is 5.29. The van der Waals surface area contributed by atoms with Gasteiger partial charge in [0.2, 0.25) is 0 Å². The number of rotatable bonds is 10. The number of ether oxygens (including phenoxy) is 3. The van der Waals surface area contributed by atoms with Crippen molar-refractivity contribution in [3.05, 3.63) is 83.3 Å². The molecule has 4 aromatic rings. The molecular formula is C34H37FN4O5. The fourth-order valence-electron chi connectivity index (χ4n) is 5.29. The molecule has 3 aromatic carbocycles. The average molecular weight is 601 g/mol. The van der Waals surface area contributed by atoms with Crippen molar-refractivity contribution in [2.75, 3.05) is 38.3 Å². The number of methoxy groups -OCH3 is 1. The summed E-state index contributed by atoms with van der Waals surface area (Å²) < 4.78 is 33.2. The maximum atomic E-state index is 15.5. The van der Waals surface area contributed by atoms with Crippen molar-refractivity contribution in [2.24, 2.45) is 11.7 Å². The third-order valence-electron chi connectivity index (χ3n) is 8.02. The van der Waals surface area contributed by atoms with Crippen LogP contribution in [0.2, 0.25) is 0 Å². The molecule has 1 fully saturated rings. The number of halogens is 1. The molecule has 1 aromatic heterocycles. The normalized spacial score (nSPS) is 13.5. The SMILES string of the molecule is COc1cc2c(Oc3ccc(N(CCc4ccc(C)c(C)c4)C(=O)C(N)=O)cc3F)ccnc2cc1OCC1CCNCC1. The number of anilines is 1. The molecule has 0 atom stereocenters. The molecule has 230 valence electrons. The van der Waals surface area contributed by atoms with Crippen LogP contribution in [-0.2, 0) is 16.0 Å². The molecule has 9 nitrogen and oxygen atoms in total. The van der Waals surface area contributed by atoms with Gasteiger partial charge in [-0.15, -0.1) is 0 Å². The number of benzene rings is 3. The standard InChI is InChI=1S/C34H37FN4O5/c1-21-4-5-23(16-22(21)2)11-15-39(34(41)33(36)40)25-6-7-30(27(35)17-25)44-29-10-14-38-28-19-32(31(42-3)18-26(28)29)43-20-24-8-12-37-13-9-24/h4-7,10,14,16-19,24,37H,8-9,11-13,15,20H2,1-3H3,(H2,36,40). The zero-order valence-corrected chi connectivity index (χ0v) is 25.2. The van der Waals surface area contributed by atoms with Crippen molar-refractivity contribution in [1.82, 2.24) is 10.3 Å². The lowest BCUT2D eigenvalue weighted by Crippen LogP contribution is -2.41. The van der Waals surface area contributed by atoms with E-state index >= 15 is 4.39 Å². The number of nitrogens with one attached hydrogen (secondary N) is 1. The summed E-state index contributed by atoms with van der Waals surface area (Å²) in [5, 5.41) is 3.97. The summed E-state index contributed by atoms with van der Waals surface area (Å²) in [6.45, 7) is 6.70. The quantitative estimate of drug-likeness (QED) is 0.240. The first-order chi connectivity index (χ1) is 21.2. The van der Waals surface area contributed by atoms with Crippen LogP contribution in [-0.4, -0.2) is 50.1 Å². The van der Waals surface area contributed by atoms with Gasteiger partial charge in [-0.1, -0.05) is 18.2 Å². The van der Waals surface area contributed by atoms with Gasteiger partial charge in [0.1, 0.15) is 5.75 Å². The molecule has 0 bridgehead atoms. The zero-order chi connectivity index (χ0) is 31.2. The van der Waals surface area contributed by atoms with E-state index in [0.717, 1.165) is 48.7 Å². The van der Waals surface area contributed by atoms with E-state index in [2.05, 4.69) is 10.3 Å². The first-order valence-corrected chi connectivity index (χ1v) is 14.7. The molecule has 0 spiro atoms. The Balaban J connectivity index is 1.36. The van der Waals surface area contributed by atoms with E-state index in [4.69, 9.17) is 19.9 Å². The number of hydrogen-bond donors (Lipinski definition) is 2. The lowest BCUT2D eigenvalue weighted by Gasteiger charge is -2.23. The van der Waals surface area contributed by atoms with Crippen molar-refractivity contribution in [3.63, 3.8) is 0 Å². The minimum atomic E-state index is -1.12. The highest BCUT2D eigenvalue weighted by molar-refractivity contribution is 6.39. The number of piperidine rings is 1. The molecular weight excluding hydrogens is 563 g/mol. The number of fused-ring (bicyclic) bond motifs is 1. The third-order valence-corrected chi connectivity index (χ3v) is 8.02. The first-order valence-electron chi connectivity index (χ1n) is 14.7. The minimum absolute atomic E-state index is 0.0629. The van der Waals surface area contributed by atoms with Gasteiger partial charge < -0.3 is 30.2 Å². The largest absolute Gasteiger partial charge is 0.493 e. The Morgan fingerprint density at radius 3 is 2.48 bits per heavy atom. The summed E-state index contributed by atoms with van der Waals surface area (Å²) in [4.78, 5) is 30.2. The third kappa shape index (κ3) is 7.08. The topological polar surface area (TPSA) is 116 Å². The second kappa shape index (κ2) is 13.7. The summed E-state index contributed by atoms with van der Waals surface area (Å²) in [6, 6.07) is 15.3. The van der Waals surface area contributed by atoms with Gasteiger partial charge in [-0.3, -0.25) is 14.6 Å². The van der Waals surface area contributed by atoms with E-state index in [9.17, 15) is 9.59 Å². The van der Waals surface area contributed by atoms with Crippen LogP contribution in [0.4, 0.5) is 10.1 Å². The number of nitrogens with zero attached hydrogens (tertiary/aromatic N) is 2. The summed E-state index contributed by atoms with van der Waals surface area (Å²) in [5.41, 5.74) is 9.37. The molecule has 2 amide bonds. The van der Waals surface area contributed by atoms with E-state index in [1.165, 1.54) is 17.0 Å². The Bertz CT molecular complexity index is 1670. The fraction of sp³-hybridized carbons (Fsp3) is 0.324. The van der Waals surface area contributed by atoms with Gasteiger partial charge in [-0.2, -0.15) is 0 Å². The number of amides is 2. The lowest BCUT2D eigenvalue weighted by molar-refractivity contribution is -0.135. The lowest BCUT2D eigenvalue weighted by atomic mass is 9.99. The Morgan fingerprint density at radius 2 is 1.77 bits per heavy atom. The van der Waals surface area contributed by atoms with Crippen LogP contribution >= 0.6 is 0 Å². The summed E-state index contributed by atoms with van der Waals surface area (Å²) in [5.74, 6) is -0.893. The predicted molar refractivity (Wildman–Crippen MR) is 167 cm³/mol. The smallest absolute Gasteiger partial charge is 0.316 e. The molecule has 1 saturated heterocycles. The molecule has 2 heterocycles. The monoisotopic (exact) mass is 600 g/mol. The summed E-state index contributed by atoms with van der Waals surface area (Å²) >= 11 is 0. The second-order valence-corrected chi connectivity index (χ2v) is 11.0. The first kappa shape index (κ1) is 30.7. The predicted octanol–water partition coefficient (Wildman–Crippen LogP) is 5.23. The second-order valence-electron chi connectivity index (χ2n) is 11.0. The Morgan fingerprint density at radius 1 is 0.977 bits per heavy atom. The van der Waals surface area contributed by atoms with E-state index in [0.29, 0.717) is 47.1 Å². The van der Waals surface area contributed by atoms with Gasteiger partial charge in [0.25, 0.3) is 0 Å². The minimum Gasteiger partial charge on any atom is -0.493 e. The molecule has 0 aliphatic carbocycles. The molecule has 0 saturated carbocycles. The maximum Gasteiger partial charge on any atom is 0.316 e. The van der Waals surface area contributed by atoms with Crippen LogP contribution in [0, 0.1) is 25.6 Å². The molecule has 44 heavy (non-hydrogen) atoms. The molecule has 5 rings (SSSR count). The van der Waals surface area contributed by atoms with Gasteiger partial charge in [0, 0.05) is 35.9 Å². The van der Waals surface area contributed by atoms with Gasteiger partial charge in [-0.25, -0.2) is 4.39 Å². The van der Waals surface area contributed by atoms with Crippen LogP contribution in [0.3, 0.4) is 0 Å². The van der Waals surface area contributed by atoms with Crippen molar-refractivity contribution >= 4 is 28.4 Å². The highest BCUT2D eigenvalue weighted by atomic mass is 19.1. The molecule has 0 radical (unpaired) electrons. The molecule has 10 heteroatoms. The number of carbonyl (C=O) groups is 2.